The number of amides is 1. The van der Waals surface area contributed by atoms with Crippen LogP contribution in [0.4, 0.5) is 17.3 Å². The summed E-state index contributed by atoms with van der Waals surface area (Å²) in [6.45, 7) is 1.78. The number of carbonyl (C=O) groups is 1. The van der Waals surface area contributed by atoms with E-state index in [0.717, 1.165) is 0 Å². The van der Waals surface area contributed by atoms with Gasteiger partial charge in [0.2, 0.25) is 0 Å². The van der Waals surface area contributed by atoms with Crippen molar-refractivity contribution in [3.8, 4) is 6.07 Å². The molecule has 24 heavy (non-hydrogen) atoms. The fourth-order valence-electron chi connectivity index (χ4n) is 1.93. The van der Waals surface area contributed by atoms with E-state index in [4.69, 9.17) is 9.78 Å². The first-order valence-corrected chi connectivity index (χ1v) is 6.98. The zero-order valence-electron chi connectivity index (χ0n) is 12.6. The Balaban J connectivity index is 1.68. The molecule has 0 aliphatic rings. The number of hydrogen-bond donors (Lipinski definition) is 2. The smallest absolute Gasteiger partial charge is 0.275 e. The van der Waals surface area contributed by atoms with Crippen LogP contribution < -0.4 is 10.6 Å². The molecule has 2 aromatic heterocycles. The maximum atomic E-state index is 12.1. The first-order valence-electron chi connectivity index (χ1n) is 6.98. The minimum atomic E-state index is -0.415. The molecule has 1 aromatic carbocycles. The van der Waals surface area contributed by atoms with Crippen molar-refractivity contribution in [1.29, 1.82) is 5.26 Å². The second-order valence-electron chi connectivity index (χ2n) is 4.88. The van der Waals surface area contributed by atoms with Gasteiger partial charge in [0.25, 0.3) is 5.91 Å². The lowest BCUT2D eigenvalue weighted by atomic mass is 10.2. The van der Waals surface area contributed by atoms with E-state index in [9.17, 15) is 4.79 Å². The molecule has 0 unspecified atom stereocenters. The third kappa shape index (κ3) is 3.53. The van der Waals surface area contributed by atoms with Crippen LogP contribution in [0.5, 0.6) is 0 Å². The molecule has 0 radical (unpaired) electrons. The molecule has 0 spiro atoms. The highest BCUT2D eigenvalue weighted by molar-refractivity contribution is 6.02. The van der Waals surface area contributed by atoms with Crippen LogP contribution in [-0.4, -0.2) is 21.0 Å². The highest BCUT2D eigenvalue weighted by atomic mass is 16.5. The molecule has 0 atom stereocenters. The molecule has 0 aliphatic carbocycles. The van der Waals surface area contributed by atoms with Crippen LogP contribution in [0.1, 0.15) is 21.8 Å². The summed E-state index contributed by atoms with van der Waals surface area (Å²) >= 11 is 0. The molecule has 8 heteroatoms. The SMILES string of the molecule is Cc1cc(Nc2cnc(C(=O)Nc3cccc(C#N)c3)cn2)no1. The second kappa shape index (κ2) is 6.58. The minimum Gasteiger partial charge on any atom is -0.360 e. The molecule has 3 rings (SSSR count). The van der Waals surface area contributed by atoms with Crippen LogP contribution in [0.25, 0.3) is 0 Å². The van der Waals surface area contributed by atoms with Crippen LogP contribution in [0.15, 0.2) is 47.2 Å². The summed E-state index contributed by atoms with van der Waals surface area (Å²) in [4.78, 5) is 20.3. The van der Waals surface area contributed by atoms with Gasteiger partial charge in [-0.1, -0.05) is 11.2 Å². The first-order chi connectivity index (χ1) is 11.6. The van der Waals surface area contributed by atoms with Crippen LogP contribution in [-0.2, 0) is 0 Å². The molecule has 3 aromatic rings. The largest absolute Gasteiger partial charge is 0.360 e. The predicted octanol–water partition coefficient (Wildman–Crippen LogP) is 2.64. The molecular formula is C16H12N6O2. The van der Waals surface area contributed by atoms with Crippen molar-refractivity contribution >= 4 is 23.2 Å². The zero-order chi connectivity index (χ0) is 16.9. The summed E-state index contributed by atoms with van der Waals surface area (Å²) in [7, 11) is 0. The molecule has 118 valence electrons. The molecule has 0 fully saturated rings. The fourth-order valence-corrected chi connectivity index (χ4v) is 1.93. The summed E-state index contributed by atoms with van der Waals surface area (Å²) in [5, 5.41) is 18.2. The number of aromatic nitrogens is 3. The number of hydrogen-bond acceptors (Lipinski definition) is 7. The number of nitrogens with zero attached hydrogens (tertiary/aromatic N) is 4. The second-order valence-corrected chi connectivity index (χ2v) is 4.88. The minimum absolute atomic E-state index is 0.152. The third-order valence-corrected chi connectivity index (χ3v) is 3.02. The van der Waals surface area contributed by atoms with Gasteiger partial charge >= 0.3 is 0 Å². The zero-order valence-corrected chi connectivity index (χ0v) is 12.6. The Labute approximate surface area is 137 Å². The van der Waals surface area contributed by atoms with Crippen molar-refractivity contribution in [2.75, 3.05) is 10.6 Å². The van der Waals surface area contributed by atoms with E-state index in [1.807, 2.05) is 6.07 Å². The van der Waals surface area contributed by atoms with Gasteiger partial charge in [-0.05, 0) is 25.1 Å². The van der Waals surface area contributed by atoms with Crippen molar-refractivity contribution in [3.05, 3.63) is 59.7 Å². The van der Waals surface area contributed by atoms with Crippen molar-refractivity contribution in [2.24, 2.45) is 0 Å². The number of nitriles is 1. The predicted molar refractivity (Wildman–Crippen MR) is 85.7 cm³/mol. The average molecular weight is 320 g/mol. The van der Waals surface area contributed by atoms with Gasteiger partial charge in [0.05, 0.1) is 24.0 Å². The van der Waals surface area contributed by atoms with Crippen LogP contribution in [0.3, 0.4) is 0 Å². The topological polar surface area (TPSA) is 117 Å². The van der Waals surface area contributed by atoms with Gasteiger partial charge < -0.3 is 15.2 Å². The quantitative estimate of drug-likeness (QED) is 0.758. The summed E-state index contributed by atoms with van der Waals surface area (Å²) < 4.78 is 4.94. The van der Waals surface area contributed by atoms with E-state index in [1.54, 1.807) is 37.3 Å². The lowest BCUT2D eigenvalue weighted by Crippen LogP contribution is -2.14. The molecule has 2 N–H and O–H groups in total. The van der Waals surface area contributed by atoms with E-state index in [-0.39, 0.29) is 5.69 Å². The highest BCUT2D eigenvalue weighted by Crippen LogP contribution is 2.14. The number of rotatable bonds is 4. The molecule has 1 amide bonds. The van der Waals surface area contributed by atoms with Gasteiger partial charge in [0.1, 0.15) is 17.3 Å². The van der Waals surface area contributed by atoms with Gasteiger partial charge in [0.15, 0.2) is 5.82 Å². The number of aryl methyl sites for hydroxylation is 1. The number of anilines is 3. The van der Waals surface area contributed by atoms with Crippen molar-refractivity contribution in [3.63, 3.8) is 0 Å². The van der Waals surface area contributed by atoms with E-state index in [1.165, 1.54) is 12.4 Å². The van der Waals surface area contributed by atoms with Crippen molar-refractivity contribution < 1.29 is 9.32 Å². The third-order valence-electron chi connectivity index (χ3n) is 3.02. The number of nitrogens with one attached hydrogen (secondary N) is 2. The molecule has 2 heterocycles. The average Bonchev–Trinajstić information content (AvgIpc) is 3.00. The first kappa shape index (κ1) is 15.2. The molecular weight excluding hydrogens is 308 g/mol. The lowest BCUT2D eigenvalue weighted by Gasteiger charge is -2.05. The summed E-state index contributed by atoms with van der Waals surface area (Å²) in [5.74, 6) is 1.20. The monoisotopic (exact) mass is 320 g/mol. The Morgan fingerprint density at radius 1 is 1.21 bits per heavy atom. The Morgan fingerprint density at radius 3 is 2.75 bits per heavy atom. The Kier molecular flexibility index (Phi) is 4.16. The van der Waals surface area contributed by atoms with Gasteiger partial charge in [-0.3, -0.25) is 4.79 Å². The van der Waals surface area contributed by atoms with E-state index in [0.29, 0.717) is 28.6 Å². The molecule has 0 bridgehead atoms. The van der Waals surface area contributed by atoms with Crippen molar-refractivity contribution in [2.45, 2.75) is 6.92 Å². The Hall–Kier alpha value is -3.73. The highest BCUT2D eigenvalue weighted by Gasteiger charge is 2.09. The van der Waals surface area contributed by atoms with E-state index >= 15 is 0 Å². The van der Waals surface area contributed by atoms with Crippen LogP contribution in [0.2, 0.25) is 0 Å². The van der Waals surface area contributed by atoms with Crippen molar-refractivity contribution in [1.82, 2.24) is 15.1 Å². The Morgan fingerprint density at radius 2 is 2.08 bits per heavy atom. The maximum Gasteiger partial charge on any atom is 0.275 e. The molecule has 8 nitrogen and oxygen atoms in total. The molecule has 0 aliphatic heterocycles. The van der Waals surface area contributed by atoms with Gasteiger partial charge in [-0.2, -0.15) is 5.26 Å². The fraction of sp³-hybridized carbons (Fsp3) is 0.0625. The van der Waals surface area contributed by atoms with Gasteiger partial charge in [-0.15, -0.1) is 0 Å². The standard InChI is InChI=1S/C16H12N6O2/c1-10-5-14(22-24-10)21-15-9-18-13(8-19-15)16(23)20-12-4-2-3-11(6-12)7-17/h2-6,8-9H,1H3,(H,20,23)(H,19,21,22). The van der Waals surface area contributed by atoms with E-state index < -0.39 is 5.91 Å². The lowest BCUT2D eigenvalue weighted by molar-refractivity contribution is 0.102. The van der Waals surface area contributed by atoms with E-state index in [2.05, 4.69) is 25.8 Å². The number of carbonyl (C=O) groups excluding carboxylic acids is 1. The number of benzene rings is 1. The van der Waals surface area contributed by atoms with Gasteiger partial charge in [0, 0.05) is 11.8 Å². The van der Waals surface area contributed by atoms with Crippen LogP contribution in [0, 0.1) is 18.3 Å². The summed E-state index contributed by atoms with van der Waals surface area (Å²) in [5.41, 5.74) is 1.13. The van der Waals surface area contributed by atoms with Gasteiger partial charge in [-0.25, -0.2) is 9.97 Å². The normalized spacial score (nSPS) is 10.0. The molecule has 0 saturated carbocycles. The maximum absolute atomic E-state index is 12.1. The summed E-state index contributed by atoms with van der Waals surface area (Å²) in [6.07, 6.45) is 2.77. The van der Waals surface area contributed by atoms with Crippen LogP contribution >= 0.6 is 0 Å². The summed E-state index contributed by atoms with van der Waals surface area (Å²) in [6, 6.07) is 10.3. The molecule has 0 saturated heterocycles. The Bertz CT molecular complexity index is 911.